The first kappa shape index (κ1) is 15.4. The van der Waals surface area contributed by atoms with Gasteiger partial charge in [-0.05, 0) is 31.9 Å². The minimum atomic E-state index is -0.382. The number of carbonyl (C=O) groups excluding carboxylic acids is 1. The van der Waals surface area contributed by atoms with Crippen LogP contribution in [0.25, 0.3) is 0 Å². The van der Waals surface area contributed by atoms with E-state index in [1.54, 1.807) is 18.3 Å². The molecule has 0 spiro atoms. The zero-order chi connectivity index (χ0) is 14.5. The number of rotatable bonds is 6. The first-order chi connectivity index (χ1) is 8.91. The standard InChI is InChI=1S/C14H23N3O2/c1-5-14(2,7-9-18)16-13(19)11-6-8-15-12(10-11)17(3)4/h6,8,10,18H,5,7,9H2,1-4H3,(H,16,19). The van der Waals surface area contributed by atoms with Crippen LogP contribution in [-0.2, 0) is 0 Å². The molecule has 1 aromatic heterocycles. The van der Waals surface area contributed by atoms with Crippen molar-refractivity contribution in [3.05, 3.63) is 23.9 Å². The fourth-order valence-electron chi connectivity index (χ4n) is 1.72. The molecule has 106 valence electrons. The van der Waals surface area contributed by atoms with Gasteiger partial charge in [0.15, 0.2) is 0 Å². The number of nitrogens with zero attached hydrogens (tertiary/aromatic N) is 2. The van der Waals surface area contributed by atoms with E-state index >= 15 is 0 Å². The van der Waals surface area contributed by atoms with E-state index in [0.29, 0.717) is 12.0 Å². The van der Waals surface area contributed by atoms with Crippen LogP contribution in [0.5, 0.6) is 0 Å². The minimum Gasteiger partial charge on any atom is -0.396 e. The molecule has 1 amide bonds. The molecule has 1 heterocycles. The van der Waals surface area contributed by atoms with Crippen LogP contribution in [0, 0.1) is 0 Å². The lowest BCUT2D eigenvalue weighted by atomic mass is 9.94. The molecular formula is C14H23N3O2. The Hall–Kier alpha value is -1.62. The van der Waals surface area contributed by atoms with Gasteiger partial charge in [0, 0.05) is 38.0 Å². The van der Waals surface area contributed by atoms with Crippen LogP contribution in [0.3, 0.4) is 0 Å². The van der Waals surface area contributed by atoms with Crippen molar-refractivity contribution in [2.24, 2.45) is 0 Å². The van der Waals surface area contributed by atoms with Gasteiger partial charge in [0.2, 0.25) is 0 Å². The molecule has 0 fully saturated rings. The van der Waals surface area contributed by atoms with Gasteiger partial charge in [0.25, 0.3) is 5.91 Å². The van der Waals surface area contributed by atoms with Gasteiger partial charge in [0.1, 0.15) is 5.82 Å². The fourth-order valence-corrected chi connectivity index (χ4v) is 1.72. The van der Waals surface area contributed by atoms with Crippen molar-refractivity contribution in [1.82, 2.24) is 10.3 Å². The number of carbonyl (C=O) groups is 1. The lowest BCUT2D eigenvalue weighted by Gasteiger charge is -2.29. The predicted octanol–water partition coefficient (Wildman–Crippen LogP) is 1.43. The average Bonchev–Trinajstić information content (AvgIpc) is 2.39. The highest BCUT2D eigenvalue weighted by Gasteiger charge is 2.24. The number of aliphatic hydroxyl groups excluding tert-OH is 1. The second kappa shape index (κ2) is 6.52. The molecule has 5 nitrogen and oxygen atoms in total. The molecule has 0 aliphatic rings. The third kappa shape index (κ3) is 4.21. The Labute approximate surface area is 114 Å². The Morgan fingerprint density at radius 1 is 1.53 bits per heavy atom. The van der Waals surface area contributed by atoms with Crippen LogP contribution in [0.1, 0.15) is 37.0 Å². The van der Waals surface area contributed by atoms with Crippen molar-refractivity contribution in [1.29, 1.82) is 0 Å². The van der Waals surface area contributed by atoms with Gasteiger partial charge in [-0.15, -0.1) is 0 Å². The van der Waals surface area contributed by atoms with E-state index in [0.717, 1.165) is 12.2 Å². The van der Waals surface area contributed by atoms with Gasteiger partial charge in [-0.25, -0.2) is 4.98 Å². The van der Waals surface area contributed by atoms with E-state index in [-0.39, 0.29) is 18.1 Å². The Kier molecular flexibility index (Phi) is 5.30. The fraction of sp³-hybridized carbons (Fsp3) is 0.571. The summed E-state index contributed by atoms with van der Waals surface area (Å²) in [5.74, 6) is 0.608. The van der Waals surface area contributed by atoms with Crippen LogP contribution in [0.4, 0.5) is 5.82 Å². The molecule has 0 saturated carbocycles. The quantitative estimate of drug-likeness (QED) is 0.816. The zero-order valence-corrected chi connectivity index (χ0v) is 12.1. The summed E-state index contributed by atoms with van der Waals surface area (Å²) in [5.41, 5.74) is 0.198. The lowest BCUT2D eigenvalue weighted by molar-refractivity contribution is 0.0886. The molecule has 19 heavy (non-hydrogen) atoms. The average molecular weight is 265 g/mol. The van der Waals surface area contributed by atoms with Crippen molar-refractivity contribution in [2.75, 3.05) is 25.6 Å². The number of amides is 1. The first-order valence-corrected chi connectivity index (χ1v) is 6.48. The predicted molar refractivity (Wildman–Crippen MR) is 76.4 cm³/mol. The Balaban J connectivity index is 2.85. The van der Waals surface area contributed by atoms with E-state index in [9.17, 15) is 4.79 Å². The van der Waals surface area contributed by atoms with Gasteiger partial charge in [-0.3, -0.25) is 4.79 Å². The van der Waals surface area contributed by atoms with Crippen molar-refractivity contribution in [3.63, 3.8) is 0 Å². The smallest absolute Gasteiger partial charge is 0.251 e. The van der Waals surface area contributed by atoms with Crippen LogP contribution >= 0.6 is 0 Å². The summed E-state index contributed by atoms with van der Waals surface area (Å²) in [6.07, 6.45) is 2.94. The molecule has 1 aromatic rings. The Morgan fingerprint density at radius 3 is 2.74 bits per heavy atom. The van der Waals surface area contributed by atoms with E-state index in [1.807, 2.05) is 32.8 Å². The van der Waals surface area contributed by atoms with Crippen molar-refractivity contribution in [2.45, 2.75) is 32.2 Å². The maximum atomic E-state index is 12.2. The highest BCUT2D eigenvalue weighted by atomic mass is 16.3. The summed E-state index contributed by atoms with van der Waals surface area (Å²) in [4.78, 5) is 18.3. The molecule has 2 N–H and O–H groups in total. The van der Waals surface area contributed by atoms with Gasteiger partial charge in [-0.2, -0.15) is 0 Å². The molecule has 5 heteroatoms. The Bertz CT molecular complexity index is 434. The number of hydrogen-bond acceptors (Lipinski definition) is 4. The van der Waals surface area contributed by atoms with Gasteiger partial charge in [-0.1, -0.05) is 6.92 Å². The van der Waals surface area contributed by atoms with E-state index < -0.39 is 0 Å². The number of hydrogen-bond donors (Lipinski definition) is 2. The second-order valence-corrected chi connectivity index (χ2v) is 5.14. The molecule has 0 radical (unpaired) electrons. The maximum Gasteiger partial charge on any atom is 0.251 e. The lowest BCUT2D eigenvalue weighted by Crippen LogP contribution is -2.46. The van der Waals surface area contributed by atoms with E-state index in [1.165, 1.54) is 0 Å². The van der Waals surface area contributed by atoms with E-state index in [4.69, 9.17) is 5.11 Å². The second-order valence-electron chi connectivity index (χ2n) is 5.14. The highest BCUT2D eigenvalue weighted by molar-refractivity contribution is 5.95. The van der Waals surface area contributed by atoms with Gasteiger partial charge in [0.05, 0.1) is 0 Å². The maximum absolute atomic E-state index is 12.2. The molecule has 0 bridgehead atoms. The summed E-state index contributed by atoms with van der Waals surface area (Å²) in [7, 11) is 3.76. The van der Waals surface area contributed by atoms with Gasteiger partial charge >= 0.3 is 0 Å². The summed E-state index contributed by atoms with van der Waals surface area (Å²) >= 11 is 0. The van der Waals surface area contributed by atoms with Crippen molar-refractivity contribution < 1.29 is 9.90 Å². The molecule has 0 saturated heterocycles. The number of aromatic nitrogens is 1. The number of aliphatic hydroxyl groups is 1. The molecule has 1 rings (SSSR count). The van der Waals surface area contributed by atoms with Gasteiger partial charge < -0.3 is 15.3 Å². The highest BCUT2D eigenvalue weighted by Crippen LogP contribution is 2.16. The van der Waals surface area contributed by atoms with Crippen LogP contribution in [-0.4, -0.2) is 42.2 Å². The van der Waals surface area contributed by atoms with Crippen LogP contribution in [0.2, 0.25) is 0 Å². The van der Waals surface area contributed by atoms with Crippen LogP contribution in [0.15, 0.2) is 18.3 Å². The monoisotopic (exact) mass is 265 g/mol. The normalized spacial score (nSPS) is 13.7. The SMILES string of the molecule is CCC(C)(CCO)NC(=O)c1ccnc(N(C)C)c1. The summed E-state index contributed by atoms with van der Waals surface area (Å²) in [6.45, 7) is 3.99. The zero-order valence-electron chi connectivity index (χ0n) is 12.1. The molecule has 1 atom stereocenters. The van der Waals surface area contributed by atoms with Crippen molar-refractivity contribution in [3.8, 4) is 0 Å². The van der Waals surface area contributed by atoms with Crippen molar-refractivity contribution >= 4 is 11.7 Å². The summed E-state index contributed by atoms with van der Waals surface area (Å²) < 4.78 is 0. The molecule has 0 aliphatic heterocycles. The number of nitrogens with one attached hydrogen (secondary N) is 1. The number of anilines is 1. The molecular weight excluding hydrogens is 242 g/mol. The number of pyridine rings is 1. The van der Waals surface area contributed by atoms with E-state index in [2.05, 4.69) is 10.3 Å². The Morgan fingerprint density at radius 2 is 2.21 bits per heavy atom. The third-order valence-corrected chi connectivity index (χ3v) is 3.33. The molecule has 1 unspecified atom stereocenters. The summed E-state index contributed by atoms with van der Waals surface area (Å²) in [5, 5.41) is 12.0. The van der Waals surface area contributed by atoms with Crippen LogP contribution < -0.4 is 10.2 Å². The third-order valence-electron chi connectivity index (χ3n) is 3.33. The topological polar surface area (TPSA) is 65.5 Å². The summed E-state index contributed by atoms with van der Waals surface area (Å²) in [6, 6.07) is 3.45. The molecule has 0 aliphatic carbocycles. The molecule has 0 aromatic carbocycles. The minimum absolute atomic E-state index is 0.0594. The first-order valence-electron chi connectivity index (χ1n) is 6.48. The largest absolute Gasteiger partial charge is 0.396 e.